The van der Waals surface area contributed by atoms with Crippen molar-refractivity contribution in [3.8, 4) is 0 Å². The summed E-state index contributed by atoms with van der Waals surface area (Å²) in [6, 6.07) is 0. The van der Waals surface area contributed by atoms with E-state index in [1.807, 2.05) is 20.8 Å². The predicted molar refractivity (Wildman–Crippen MR) is 44.1 cm³/mol. The van der Waals surface area contributed by atoms with E-state index in [1.165, 1.54) is 6.08 Å². The highest BCUT2D eigenvalue weighted by Gasteiger charge is 2.18. The van der Waals surface area contributed by atoms with Gasteiger partial charge in [0.2, 0.25) is 0 Å². The number of hydrogen-bond donors (Lipinski definition) is 0. The van der Waals surface area contributed by atoms with Crippen LogP contribution in [0.2, 0.25) is 0 Å². The maximum absolute atomic E-state index is 11.1. The van der Waals surface area contributed by atoms with E-state index in [1.54, 1.807) is 6.92 Å². The lowest BCUT2D eigenvalue weighted by molar-refractivity contribution is -0.121. The van der Waals surface area contributed by atoms with Gasteiger partial charge in [-0.1, -0.05) is 32.4 Å². The lowest BCUT2D eigenvalue weighted by Crippen LogP contribution is -2.17. The molecule has 0 radical (unpaired) electrons. The van der Waals surface area contributed by atoms with Crippen molar-refractivity contribution in [1.82, 2.24) is 0 Å². The van der Waals surface area contributed by atoms with Gasteiger partial charge in [0.05, 0.1) is 0 Å². The Morgan fingerprint density at radius 2 is 1.80 bits per heavy atom. The molecule has 0 aromatic heterocycles. The van der Waals surface area contributed by atoms with Gasteiger partial charge >= 0.3 is 0 Å². The van der Waals surface area contributed by atoms with Crippen molar-refractivity contribution in [1.29, 1.82) is 0 Å². The largest absolute Gasteiger partial charge is 0.294 e. The van der Waals surface area contributed by atoms with Crippen molar-refractivity contribution >= 4 is 17.4 Å². The van der Waals surface area contributed by atoms with E-state index in [9.17, 15) is 4.79 Å². The number of allylic oxidation sites excluding steroid dienone is 2. The van der Waals surface area contributed by atoms with Crippen LogP contribution in [0.25, 0.3) is 0 Å². The molecular formula is C8H13ClO. The third kappa shape index (κ3) is 3.67. The Balaban J connectivity index is 4.27. The molecule has 0 aromatic rings. The predicted octanol–water partition coefficient (Wildman–Crippen LogP) is 2.74. The van der Waals surface area contributed by atoms with Gasteiger partial charge in [0.15, 0.2) is 5.78 Å². The molecule has 0 fully saturated rings. The molecule has 0 bridgehead atoms. The van der Waals surface area contributed by atoms with Crippen LogP contribution in [0, 0.1) is 5.41 Å². The zero-order chi connectivity index (χ0) is 8.36. The van der Waals surface area contributed by atoms with Gasteiger partial charge in [-0.15, -0.1) is 0 Å². The Labute approximate surface area is 67.1 Å². The molecule has 0 spiro atoms. The molecule has 0 aliphatic rings. The van der Waals surface area contributed by atoms with Gasteiger partial charge in [0, 0.05) is 10.4 Å². The van der Waals surface area contributed by atoms with Gasteiger partial charge in [0.25, 0.3) is 0 Å². The third-order valence-electron chi connectivity index (χ3n) is 1.07. The highest BCUT2D eigenvalue weighted by Crippen LogP contribution is 2.16. The number of carbonyl (C=O) groups is 1. The number of ketones is 1. The fraction of sp³-hybridized carbons (Fsp3) is 0.625. The molecule has 0 aromatic carbocycles. The van der Waals surface area contributed by atoms with Crippen LogP contribution in [0.5, 0.6) is 0 Å². The minimum atomic E-state index is -0.309. The van der Waals surface area contributed by atoms with Crippen LogP contribution in [0.15, 0.2) is 11.1 Å². The smallest absolute Gasteiger partial charge is 0.162 e. The molecule has 0 rings (SSSR count). The zero-order valence-corrected chi connectivity index (χ0v) is 7.62. The van der Waals surface area contributed by atoms with Crippen molar-refractivity contribution in [2.45, 2.75) is 27.7 Å². The SMILES string of the molecule is C/C(Cl)=C/C(=O)C(C)(C)C. The van der Waals surface area contributed by atoms with E-state index in [0.29, 0.717) is 5.03 Å². The summed E-state index contributed by atoms with van der Waals surface area (Å²) < 4.78 is 0. The van der Waals surface area contributed by atoms with Crippen LogP contribution >= 0.6 is 11.6 Å². The highest BCUT2D eigenvalue weighted by atomic mass is 35.5. The van der Waals surface area contributed by atoms with E-state index in [4.69, 9.17) is 11.6 Å². The number of rotatable bonds is 1. The van der Waals surface area contributed by atoms with E-state index >= 15 is 0 Å². The van der Waals surface area contributed by atoms with E-state index < -0.39 is 0 Å². The standard InChI is InChI=1S/C8H13ClO/c1-6(9)5-7(10)8(2,3)4/h5H,1-4H3/b6-5-. The maximum atomic E-state index is 11.1. The first-order chi connectivity index (χ1) is 4.34. The molecule has 58 valence electrons. The summed E-state index contributed by atoms with van der Waals surface area (Å²) in [7, 11) is 0. The van der Waals surface area contributed by atoms with Gasteiger partial charge < -0.3 is 0 Å². The summed E-state index contributed by atoms with van der Waals surface area (Å²) in [6.45, 7) is 7.30. The Kier molecular flexibility index (Phi) is 3.10. The van der Waals surface area contributed by atoms with Crippen molar-refractivity contribution < 1.29 is 4.79 Å². The molecule has 0 amide bonds. The van der Waals surface area contributed by atoms with Crippen LogP contribution in [-0.4, -0.2) is 5.78 Å². The summed E-state index contributed by atoms with van der Waals surface area (Å²) in [4.78, 5) is 11.1. The molecule has 0 N–H and O–H groups in total. The van der Waals surface area contributed by atoms with Crippen molar-refractivity contribution in [2.24, 2.45) is 5.41 Å². The van der Waals surface area contributed by atoms with Gasteiger partial charge in [-0.05, 0) is 13.0 Å². The van der Waals surface area contributed by atoms with Crippen molar-refractivity contribution in [3.05, 3.63) is 11.1 Å². The Morgan fingerprint density at radius 1 is 1.40 bits per heavy atom. The van der Waals surface area contributed by atoms with Gasteiger partial charge in [-0.3, -0.25) is 4.79 Å². The Morgan fingerprint density at radius 3 is 1.90 bits per heavy atom. The fourth-order valence-electron chi connectivity index (χ4n) is 0.397. The third-order valence-corrected chi connectivity index (χ3v) is 1.18. The first kappa shape index (κ1) is 9.70. The topological polar surface area (TPSA) is 17.1 Å². The quantitative estimate of drug-likeness (QED) is 0.539. The summed E-state index contributed by atoms with van der Waals surface area (Å²) in [5, 5.41) is 0.542. The minimum absolute atomic E-state index is 0.0694. The van der Waals surface area contributed by atoms with Crippen LogP contribution in [-0.2, 0) is 4.79 Å². The first-order valence-corrected chi connectivity index (χ1v) is 3.60. The summed E-state index contributed by atoms with van der Waals surface area (Å²) in [5.41, 5.74) is -0.309. The molecule has 10 heavy (non-hydrogen) atoms. The van der Waals surface area contributed by atoms with E-state index in [-0.39, 0.29) is 11.2 Å². The first-order valence-electron chi connectivity index (χ1n) is 3.22. The van der Waals surface area contributed by atoms with Crippen LogP contribution < -0.4 is 0 Å². The molecule has 0 aliphatic carbocycles. The Bertz CT molecular complexity index is 159. The number of halogens is 1. The lowest BCUT2D eigenvalue weighted by Gasteiger charge is -2.12. The summed E-state index contributed by atoms with van der Waals surface area (Å²) in [5.74, 6) is 0.0694. The van der Waals surface area contributed by atoms with E-state index in [2.05, 4.69) is 0 Å². The van der Waals surface area contributed by atoms with Crippen LogP contribution in [0.1, 0.15) is 27.7 Å². The monoisotopic (exact) mass is 160 g/mol. The second-order valence-corrected chi connectivity index (χ2v) is 3.94. The molecule has 2 heteroatoms. The number of carbonyl (C=O) groups excluding carboxylic acids is 1. The summed E-state index contributed by atoms with van der Waals surface area (Å²) >= 11 is 5.52. The average Bonchev–Trinajstić information content (AvgIpc) is 1.60. The molecule has 0 heterocycles. The molecule has 0 saturated carbocycles. The maximum Gasteiger partial charge on any atom is 0.162 e. The molecule has 1 nitrogen and oxygen atoms in total. The van der Waals surface area contributed by atoms with E-state index in [0.717, 1.165) is 0 Å². The Hall–Kier alpha value is -0.300. The number of hydrogen-bond acceptors (Lipinski definition) is 1. The zero-order valence-electron chi connectivity index (χ0n) is 6.86. The molecule has 0 aliphatic heterocycles. The second kappa shape index (κ2) is 3.20. The molecule has 0 unspecified atom stereocenters. The second-order valence-electron chi connectivity index (χ2n) is 3.35. The highest BCUT2D eigenvalue weighted by molar-refractivity contribution is 6.30. The molecule has 0 atom stereocenters. The van der Waals surface area contributed by atoms with Crippen LogP contribution in [0.3, 0.4) is 0 Å². The van der Waals surface area contributed by atoms with Gasteiger partial charge in [-0.25, -0.2) is 0 Å². The lowest BCUT2D eigenvalue weighted by atomic mass is 9.91. The normalized spacial score (nSPS) is 13.5. The van der Waals surface area contributed by atoms with Gasteiger partial charge in [-0.2, -0.15) is 0 Å². The van der Waals surface area contributed by atoms with Crippen molar-refractivity contribution in [2.75, 3.05) is 0 Å². The fourth-order valence-corrected chi connectivity index (χ4v) is 0.496. The van der Waals surface area contributed by atoms with Crippen LogP contribution in [0.4, 0.5) is 0 Å². The molecule has 0 saturated heterocycles. The minimum Gasteiger partial charge on any atom is -0.294 e. The average molecular weight is 161 g/mol. The van der Waals surface area contributed by atoms with Gasteiger partial charge in [0.1, 0.15) is 0 Å². The summed E-state index contributed by atoms with van der Waals surface area (Å²) in [6.07, 6.45) is 1.46. The molecular weight excluding hydrogens is 148 g/mol. The van der Waals surface area contributed by atoms with Crippen molar-refractivity contribution in [3.63, 3.8) is 0 Å².